The van der Waals surface area contributed by atoms with Crippen LogP contribution in [0.25, 0.3) is 0 Å². The van der Waals surface area contributed by atoms with Crippen molar-refractivity contribution in [3.05, 3.63) is 0 Å². The van der Waals surface area contributed by atoms with Crippen molar-refractivity contribution in [3.8, 4) is 0 Å². The summed E-state index contributed by atoms with van der Waals surface area (Å²) in [4.78, 5) is 17.0. The number of fused-ring (bicyclic) bond motifs is 1. The molecule has 0 spiro atoms. The fourth-order valence-corrected chi connectivity index (χ4v) is 3.63. The molecule has 0 saturated carbocycles. The van der Waals surface area contributed by atoms with Crippen LogP contribution in [-0.2, 0) is 4.79 Å². The molecule has 2 heterocycles. The summed E-state index contributed by atoms with van der Waals surface area (Å²) in [7, 11) is 2.24. The highest BCUT2D eigenvalue weighted by Crippen LogP contribution is 2.38. The smallest absolute Gasteiger partial charge is 0.225 e. The molecular weight excluding hydrogens is 224 g/mol. The lowest BCUT2D eigenvalue weighted by atomic mass is 9.85. The molecule has 18 heavy (non-hydrogen) atoms. The number of carbonyl (C=O) groups excluding carboxylic acids is 1. The van der Waals surface area contributed by atoms with Crippen LogP contribution < -0.4 is 0 Å². The Kier molecular flexibility index (Phi) is 4.00. The van der Waals surface area contributed by atoms with E-state index in [1.54, 1.807) is 0 Å². The average Bonchev–Trinajstić information content (AvgIpc) is 2.64. The van der Waals surface area contributed by atoms with Crippen LogP contribution in [0.5, 0.6) is 0 Å². The van der Waals surface area contributed by atoms with E-state index in [0.717, 1.165) is 13.0 Å². The summed E-state index contributed by atoms with van der Waals surface area (Å²) in [5, 5.41) is 0. The number of nitrogens with zero attached hydrogens (tertiary/aromatic N) is 2. The molecule has 2 aliphatic rings. The number of amides is 1. The highest BCUT2D eigenvalue weighted by Gasteiger charge is 2.48. The Hall–Kier alpha value is -0.570. The summed E-state index contributed by atoms with van der Waals surface area (Å²) in [6.45, 7) is 8.52. The van der Waals surface area contributed by atoms with Crippen LogP contribution in [0.2, 0.25) is 0 Å². The maximum absolute atomic E-state index is 12.4. The molecule has 0 aromatic rings. The van der Waals surface area contributed by atoms with Gasteiger partial charge in [0.15, 0.2) is 0 Å². The van der Waals surface area contributed by atoms with Crippen molar-refractivity contribution >= 4 is 5.91 Å². The summed E-state index contributed by atoms with van der Waals surface area (Å²) in [6, 6.07) is 0.428. The molecule has 0 aliphatic carbocycles. The first-order valence-corrected chi connectivity index (χ1v) is 7.48. The van der Waals surface area contributed by atoms with Crippen molar-refractivity contribution in [2.45, 2.75) is 64.5 Å². The molecule has 2 saturated heterocycles. The third-order valence-electron chi connectivity index (χ3n) is 5.07. The summed E-state index contributed by atoms with van der Waals surface area (Å²) in [5.41, 5.74) is 0.199. The van der Waals surface area contributed by atoms with Gasteiger partial charge in [-0.3, -0.25) is 9.69 Å². The summed E-state index contributed by atoms with van der Waals surface area (Å²) in [6.07, 6.45) is 6.19. The van der Waals surface area contributed by atoms with E-state index < -0.39 is 0 Å². The number of rotatable bonds is 1. The minimum Gasteiger partial charge on any atom is -0.338 e. The van der Waals surface area contributed by atoms with Crippen LogP contribution in [0.3, 0.4) is 0 Å². The second kappa shape index (κ2) is 5.20. The molecule has 3 heteroatoms. The molecule has 0 N–H and O–H groups in total. The Morgan fingerprint density at radius 1 is 1.22 bits per heavy atom. The van der Waals surface area contributed by atoms with Gasteiger partial charge < -0.3 is 4.90 Å². The molecule has 104 valence electrons. The lowest BCUT2D eigenvalue weighted by Gasteiger charge is -2.44. The Bertz CT molecular complexity index is 316. The van der Waals surface area contributed by atoms with Crippen LogP contribution in [-0.4, -0.2) is 47.4 Å². The van der Waals surface area contributed by atoms with Crippen molar-refractivity contribution in [3.63, 3.8) is 0 Å². The quantitative estimate of drug-likeness (QED) is 0.716. The molecule has 2 fully saturated rings. The Balaban J connectivity index is 2.20. The third-order valence-corrected chi connectivity index (χ3v) is 5.07. The zero-order valence-corrected chi connectivity index (χ0v) is 12.4. The first-order valence-electron chi connectivity index (χ1n) is 7.48. The van der Waals surface area contributed by atoms with E-state index in [1.807, 2.05) is 13.8 Å². The van der Waals surface area contributed by atoms with Gasteiger partial charge in [-0.1, -0.05) is 26.7 Å². The Morgan fingerprint density at radius 2 is 1.94 bits per heavy atom. The summed E-state index contributed by atoms with van der Waals surface area (Å²) >= 11 is 0. The van der Waals surface area contributed by atoms with E-state index in [4.69, 9.17) is 0 Å². The molecule has 0 bridgehead atoms. The molecular formula is C15H28N2O. The van der Waals surface area contributed by atoms with Gasteiger partial charge in [0.1, 0.15) is 0 Å². The molecule has 3 nitrogen and oxygen atoms in total. The van der Waals surface area contributed by atoms with Crippen molar-refractivity contribution in [1.29, 1.82) is 0 Å². The van der Waals surface area contributed by atoms with Crippen molar-refractivity contribution in [1.82, 2.24) is 9.80 Å². The molecule has 1 amide bonds. The van der Waals surface area contributed by atoms with Crippen LogP contribution >= 0.6 is 0 Å². The molecule has 0 radical (unpaired) electrons. The average molecular weight is 252 g/mol. The first kappa shape index (κ1) is 13.9. The number of hydrogen-bond donors (Lipinski definition) is 0. The molecule has 0 unspecified atom stereocenters. The normalized spacial score (nSPS) is 34.3. The molecule has 2 atom stereocenters. The summed E-state index contributed by atoms with van der Waals surface area (Å²) in [5.74, 6) is 0.473. The van der Waals surface area contributed by atoms with Crippen molar-refractivity contribution < 1.29 is 4.79 Å². The van der Waals surface area contributed by atoms with E-state index in [0.29, 0.717) is 11.9 Å². The van der Waals surface area contributed by atoms with E-state index in [9.17, 15) is 4.79 Å². The van der Waals surface area contributed by atoms with Gasteiger partial charge in [0, 0.05) is 24.0 Å². The minimum atomic E-state index is 0.128. The van der Waals surface area contributed by atoms with Crippen LogP contribution in [0, 0.1) is 5.92 Å². The van der Waals surface area contributed by atoms with Gasteiger partial charge in [-0.05, 0) is 39.8 Å². The van der Waals surface area contributed by atoms with Crippen molar-refractivity contribution in [2.75, 3.05) is 20.1 Å². The predicted octanol–water partition coefficient (Wildman–Crippen LogP) is 2.51. The zero-order valence-electron chi connectivity index (χ0n) is 12.4. The topological polar surface area (TPSA) is 23.6 Å². The minimum absolute atomic E-state index is 0.128. The van der Waals surface area contributed by atoms with Gasteiger partial charge in [-0.15, -0.1) is 0 Å². The van der Waals surface area contributed by atoms with Crippen molar-refractivity contribution in [2.24, 2.45) is 5.92 Å². The lowest BCUT2D eigenvalue weighted by molar-refractivity contribution is -0.136. The van der Waals surface area contributed by atoms with Gasteiger partial charge in [0.25, 0.3) is 0 Å². The number of hydrogen-bond acceptors (Lipinski definition) is 2. The van der Waals surface area contributed by atoms with Gasteiger partial charge >= 0.3 is 0 Å². The second-order valence-corrected chi connectivity index (χ2v) is 6.58. The Morgan fingerprint density at radius 3 is 2.61 bits per heavy atom. The maximum atomic E-state index is 12.4. The van der Waals surface area contributed by atoms with E-state index in [2.05, 4.69) is 23.8 Å². The predicted molar refractivity (Wildman–Crippen MR) is 74.5 cm³/mol. The molecule has 2 rings (SSSR count). The van der Waals surface area contributed by atoms with E-state index in [1.165, 1.54) is 32.2 Å². The second-order valence-electron chi connectivity index (χ2n) is 6.58. The molecule has 2 aliphatic heterocycles. The van der Waals surface area contributed by atoms with Crippen LogP contribution in [0.4, 0.5) is 0 Å². The standard InChI is InChI=1S/C15H28N2O/c1-12(2)14(18)17-11-9-15(3)13(17)8-6-5-7-10-16(15)4/h12-13H,5-11H2,1-4H3/t13-,15-/m0/s1. The van der Waals surface area contributed by atoms with Crippen LogP contribution in [0.15, 0.2) is 0 Å². The monoisotopic (exact) mass is 252 g/mol. The molecule has 0 aromatic heterocycles. The van der Waals surface area contributed by atoms with Gasteiger partial charge in [0.05, 0.1) is 0 Å². The number of likely N-dealkylation sites (N-methyl/N-ethyl adjacent to an activating group) is 1. The highest BCUT2D eigenvalue weighted by atomic mass is 16.2. The first-order chi connectivity index (χ1) is 8.47. The van der Waals surface area contributed by atoms with Gasteiger partial charge in [-0.2, -0.15) is 0 Å². The number of carbonyl (C=O) groups is 1. The maximum Gasteiger partial charge on any atom is 0.225 e. The van der Waals surface area contributed by atoms with Crippen LogP contribution in [0.1, 0.15) is 52.9 Å². The zero-order chi connectivity index (χ0) is 13.3. The van der Waals surface area contributed by atoms with E-state index in [-0.39, 0.29) is 11.5 Å². The van der Waals surface area contributed by atoms with Gasteiger partial charge in [0.2, 0.25) is 5.91 Å². The largest absolute Gasteiger partial charge is 0.338 e. The fourth-order valence-electron chi connectivity index (χ4n) is 3.63. The van der Waals surface area contributed by atoms with Gasteiger partial charge in [-0.25, -0.2) is 0 Å². The SMILES string of the molecule is CC(C)C(=O)N1CC[C@@]2(C)[C@@H]1CCCCCN2C. The van der Waals surface area contributed by atoms with E-state index >= 15 is 0 Å². The Labute approximate surface area is 112 Å². The number of likely N-dealkylation sites (tertiary alicyclic amines) is 2. The highest BCUT2D eigenvalue weighted by molar-refractivity contribution is 5.79. The lowest BCUT2D eigenvalue weighted by Crippen LogP contribution is -2.55. The third kappa shape index (κ3) is 2.29. The summed E-state index contributed by atoms with van der Waals surface area (Å²) < 4.78 is 0. The fraction of sp³-hybridized carbons (Fsp3) is 0.933. The molecule has 0 aromatic carbocycles.